The summed E-state index contributed by atoms with van der Waals surface area (Å²) in [6.45, 7) is 7.17. The second-order valence-corrected chi connectivity index (χ2v) is 5.18. The van der Waals surface area contributed by atoms with E-state index in [0.29, 0.717) is 0 Å². The lowest BCUT2D eigenvalue weighted by molar-refractivity contribution is 0.0930. The Kier molecular flexibility index (Phi) is 4.55. The molecule has 0 aliphatic rings. The van der Waals surface area contributed by atoms with E-state index >= 15 is 0 Å². The number of amides is 1. The highest BCUT2D eigenvalue weighted by Crippen LogP contribution is 2.21. The summed E-state index contributed by atoms with van der Waals surface area (Å²) < 4.78 is 13.8. The summed E-state index contributed by atoms with van der Waals surface area (Å²) in [5, 5.41) is 5.62. The molecule has 1 aromatic carbocycles. The zero-order valence-electron chi connectivity index (χ0n) is 11.7. The van der Waals surface area contributed by atoms with Crippen molar-refractivity contribution in [1.29, 1.82) is 0 Å². The van der Waals surface area contributed by atoms with Crippen molar-refractivity contribution in [3.05, 3.63) is 29.6 Å². The topological polar surface area (TPSA) is 41.1 Å². The number of hydrogen-bond acceptors (Lipinski definition) is 2. The van der Waals surface area contributed by atoms with Crippen LogP contribution >= 0.6 is 0 Å². The minimum absolute atomic E-state index is 0.0177. The minimum atomic E-state index is -0.779. The van der Waals surface area contributed by atoms with Crippen molar-refractivity contribution in [3.63, 3.8) is 0 Å². The molecule has 1 aromatic rings. The molecule has 102 valence electrons. The maximum Gasteiger partial charge on any atom is 0.254 e. The van der Waals surface area contributed by atoms with Crippen LogP contribution < -0.4 is 10.6 Å². The van der Waals surface area contributed by atoms with Crippen molar-refractivity contribution < 1.29 is 9.18 Å². The maximum absolute atomic E-state index is 13.8. The van der Waals surface area contributed by atoms with Gasteiger partial charge in [-0.05, 0) is 39.8 Å². The van der Waals surface area contributed by atoms with Crippen LogP contribution in [0.5, 0.6) is 0 Å². The van der Waals surface area contributed by atoms with Crippen molar-refractivity contribution >= 4 is 11.6 Å². The van der Waals surface area contributed by atoms with Crippen molar-refractivity contribution in [3.8, 4) is 12.3 Å². The van der Waals surface area contributed by atoms with Crippen LogP contribution in [0.2, 0.25) is 0 Å². The van der Waals surface area contributed by atoms with Crippen molar-refractivity contribution in [1.82, 2.24) is 5.32 Å². The van der Waals surface area contributed by atoms with Crippen molar-refractivity contribution in [2.75, 3.05) is 5.32 Å². The summed E-state index contributed by atoms with van der Waals surface area (Å²) in [6.07, 6.45) is 5.33. The van der Waals surface area contributed by atoms with Crippen LogP contribution in [0.15, 0.2) is 18.2 Å². The first-order valence-corrected chi connectivity index (χ1v) is 6.12. The molecule has 2 N–H and O–H groups in total. The molecule has 0 aromatic heterocycles. The van der Waals surface area contributed by atoms with E-state index in [-0.39, 0.29) is 17.3 Å². The molecule has 0 unspecified atom stereocenters. The average Bonchev–Trinajstić information content (AvgIpc) is 2.30. The Bertz CT molecular complexity index is 515. The van der Waals surface area contributed by atoms with Gasteiger partial charge in [0, 0.05) is 6.04 Å². The van der Waals surface area contributed by atoms with E-state index in [4.69, 9.17) is 6.42 Å². The van der Waals surface area contributed by atoms with Gasteiger partial charge in [-0.2, -0.15) is 0 Å². The molecule has 0 saturated heterocycles. The number of carbonyl (C=O) groups excluding carboxylic acids is 1. The molecule has 4 heteroatoms. The molecule has 0 radical (unpaired) electrons. The molecule has 0 spiro atoms. The second-order valence-electron chi connectivity index (χ2n) is 5.18. The fraction of sp³-hybridized carbons (Fsp3) is 0.400. The van der Waals surface area contributed by atoms with E-state index < -0.39 is 17.3 Å². The summed E-state index contributed by atoms with van der Waals surface area (Å²) in [6, 6.07) is 4.39. The number of rotatable bonds is 4. The van der Waals surface area contributed by atoms with Crippen LogP contribution in [0, 0.1) is 18.2 Å². The van der Waals surface area contributed by atoms with Gasteiger partial charge in [-0.15, -0.1) is 6.42 Å². The SMILES string of the molecule is C#CC(C)(C)NC(=O)c1cccc(F)c1NC(C)C. The largest absolute Gasteiger partial charge is 0.380 e. The Hall–Kier alpha value is -2.02. The number of halogens is 1. The molecule has 1 amide bonds. The van der Waals surface area contributed by atoms with E-state index in [0.717, 1.165) is 0 Å². The molecule has 0 heterocycles. The molecule has 0 atom stereocenters. The minimum Gasteiger partial charge on any atom is -0.380 e. The standard InChI is InChI=1S/C15H19FN2O/c1-6-15(4,5)18-14(19)11-8-7-9-12(16)13(11)17-10(2)3/h1,7-10,17H,2-5H3,(H,18,19). The smallest absolute Gasteiger partial charge is 0.254 e. The number of nitrogens with one attached hydrogen (secondary N) is 2. The predicted octanol–water partition coefficient (Wildman–Crippen LogP) is 2.79. The molecule has 0 fully saturated rings. The molecule has 1 rings (SSSR count). The van der Waals surface area contributed by atoms with Gasteiger partial charge in [0.25, 0.3) is 5.91 Å². The maximum atomic E-state index is 13.8. The molecule has 3 nitrogen and oxygen atoms in total. The van der Waals surface area contributed by atoms with Gasteiger partial charge in [-0.3, -0.25) is 4.79 Å². The number of terminal acetylenes is 1. The molecule has 0 saturated carbocycles. The van der Waals surface area contributed by atoms with Gasteiger partial charge in [0.2, 0.25) is 0 Å². The molecule has 0 aliphatic carbocycles. The van der Waals surface area contributed by atoms with Gasteiger partial charge in [-0.1, -0.05) is 12.0 Å². The third kappa shape index (κ3) is 3.99. The Morgan fingerprint density at radius 3 is 2.58 bits per heavy atom. The fourth-order valence-electron chi connectivity index (χ4n) is 1.54. The van der Waals surface area contributed by atoms with E-state index in [1.165, 1.54) is 12.1 Å². The van der Waals surface area contributed by atoms with Crippen LogP contribution in [-0.2, 0) is 0 Å². The quantitative estimate of drug-likeness (QED) is 0.819. The lowest BCUT2D eigenvalue weighted by atomic mass is 10.0. The van der Waals surface area contributed by atoms with Crippen molar-refractivity contribution in [2.45, 2.75) is 39.3 Å². The van der Waals surface area contributed by atoms with E-state index in [2.05, 4.69) is 16.6 Å². The number of carbonyl (C=O) groups is 1. The lowest BCUT2D eigenvalue weighted by Crippen LogP contribution is -2.42. The van der Waals surface area contributed by atoms with E-state index in [1.54, 1.807) is 19.9 Å². The lowest BCUT2D eigenvalue weighted by Gasteiger charge is -2.21. The normalized spacial score (nSPS) is 11.0. The molecule has 0 bridgehead atoms. The van der Waals surface area contributed by atoms with Crippen LogP contribution in [0.1, 0.15) is 38.1 Å². The van der Waals surface area contributed by atoms with Crippen LogP contribution in [0.3, 0.4) is 0 Å². The third-order valence-electron chi connectivity index (χ3n) is 2.48. The van der Waals surface area contributed by atoms with Gasteiger partial charge >= 0.3 is 0 Å². The molecular formula is C15H19FN2O. The third-order valence-corrected chi connectivity index (χ3v) is 2.48. The number of benzene rings is 1. The second kappa shape index (κ2) is 5.75. The molecular weight excluding hydrogens is 243 g/mol. The summed E-state index contributed by atoms with van der Waals surface area (Å²) in [5.41, 5.74) is -0.335. The molecule has 19 heavy (non-hydrogen) atoms. The van der Waals surface area contributed by atoms with Gasteiger partial charge in [0.1, 0.15) is 5.82 Å². The summed E-state index contributed by atoms with van der Waals surface area (Å²) >= 11 is 0. The first-order chi connectivity index (χ1) is 8.76. The number of para-hydroxylation sites is 1. The van der Waals surface area contributed by atoms with E-state index in [1.807, 2.05) is 13.8 Å². The Morgan fingerprint density at radius 2 is 2.05 bits per heavy atom. The van der Waals surface area contributed by atoms with Crippen LogP contribution in [0.4, 0.5) is 10.1 Å². The summed E-state index contributed by atoms with van der Waals surface area (Å²) in [4.78, 5) is 12.2. The van der Waals surface area contributed by atoms with Gasteiger partial charge in [-0.25, -0.2) is 4.39 Å². The fourth-order valence-corrected chi connectivity index (χ4v) is 1.54. The van der Waals surface area contributed by atoms with E-state index in [9.17, 15) is 9.18 Å². The first-order valence-electron chi connectivity index (χ1n) is 6.12. The van der Waals surface area contributed by atoms with Crippen LogP contribution in [0.25, 0.3) is 0 Å². The zero-order valence-corrected chi connectivity index (χ0v) is 11.7. The highest BCUT2D eigenvalue weighted by Gasteiger charge is 2.21. The first kappa shape index (κ1) is 15.0. The Labute approximate surface area is 113 Å². The molecule has 0 aliphatic heterocycles. The Balaban J connectivity index is 3.10. The summed E-state index contributed by atoms with van der Waals surface area (Å²) in [5.74, 6) is 1.61. The monoisotopic (exact) mass is 262 g/mol. The average molecular weight is 262 g/mol. The number of hydrogen-bond donors (Lipinski definition) is 2. The predicted molar refractivity (Wildman–Crippen MR) is 75.5 cm³/mol. The van der Waals surface area contributed by atoms with Gasteiger partial charge in [0.15, 0.2) is 0 Å². The Morgan fingerprint density at radius 1 is 1.42 bits per heavy atom. The van der Waals surface area contributed by atoms with Gasteiger partial charge < -0.3 is 10.6 Å². The highest BCUT2D eigenvalue weighted by atomic mass is 19.1. The summed E-state index contributed by atoms with van der Waals surface area (Å²) in [7, 11) is 0. The zero-order chi connectivity index (χ0) is 14.6. The number of anilines is 1. The highest BCUT2D eigenvalue weighted by molar-refractivity contribution is 6.00. The van der Waals surface area contributed by atoms with Gasteiger partial charge in [0.05, 0.1) is 16.8 Å². The van der Waals surface area contributed by atoms with Crippen LogP contribution in [-0.4, -0.2) is 17.5 Å². The van der Waals surface area contributed by atoms with Crippen molar-refractivity contribution in [2.24, 2.45) is 0 Å².